The van der Waals surface area contributed by atoms with Crippen LogP contribution in [0.5, 0.6) is 0 Å². The summed E-state index contributed by atoms with van der Waals surface area (Å²) in [7, 11) is 0. The van der Waals surface area contributed by atoms with Crippen molar-refractivity contribution in [2.75, 3.05) is 6.54 Å². The van der Waals surface area contributed by atoms with E-state index in [9.17, 15) is 14.4 Å². The van der Waals surface area contributed by atoms with Gasteiger partial charge in [0.15, 0.2) is 0 Å². The molecule has 31 heavy (non-hydrogen) atoms. The Morgan fingerprint density at radius 1 is 1.06 bits per heavy atom. The van der Waals surface area contributed by atoms with Gasteiger partial charge in [-0.05, 0) is 30.5 Å². The van der Waals surface area contributed by atoms with Crippen molar-refractivity contribution in [3.8, 4) is 0 Å². The standard InChI is InChI=1S/C24H23N3O4/c28-20(15-27-22(29)24(26-23(27)30)12-6-7-13-24)25-21(16-8-2-1-3-9-16)19-14-17-10-4-5-11-18(17)31-19/h1-5,8-11,14,21H,6-7,12-13,15H2,(H,25,28)(H,26,30). The molecule has 2 aromatic carbocycles. The third-order valence-corrected chi connectivity index (χ3v) is 6.17. The summed E-state index contributed by atoms with van der Waals surface area (Å²) < 4.78 is 6.00. The van der Waals surface area contributed by atoms with E-state index in [0.717, 1.165) is 34.3 Å². The number of fused-ring (bicyclic) bond motifs is 1. The highest BCUT2D eigenvalue weighted by Gasteiger charge is 2.52. The molecule has 1 spiro atoms. The van der Waals surface area contributed by atoms with Crippen molar-refractivity contribution < 1.29 is 18.8 Å². The Labute approximate surface area is 179 Å². The maximum atomic E-state index is 12.9. The molecule has 4 amide bonds. The van der Waals surface area contributed by atoms with Crippen LogP contribution in [0.15, 0.2) is 65.1 Å². The smallest absolute Gasteiger partial charge is 0.325 e. The van der Waals surface area contributed by atoms with E-state index in [1.165, 1.54) is 0 Å². The van der Waals surface area contributed by atoms with Crippen LogP contribution in [-0.4, -0.2) is 34.8 Å². The quantitative estimate of drug-likeness (QED) is 0.622. The molecule has 7 nitrogen and oxygen atoms in total. The van der Waals surface area contributed by atoms with Crippen molar-refractivity contribution in [1.82, 2.24) is 15.5 Å². The molecule has 158 valence electrons. The predicted octanol–water partition coefficient (Wildman–Crippen LogP) is 3.50. The molecule has 2 N–H and O–H groups in total. The number of imide groups is 1. The van der Waals surface area contributed by atoms with Crippen LogP contribution in [0.25, 0.3) is 11.0 Å². The molecule has 0 radical (unpaired) electrons. The number of rotatable bonds is 5. The molecule has 1 saturated carbocycles. The number of furan rings is 1. The molecule has 2 heterocycles. The second kappa shape index (κ2) is 7.58. The maximum Gasteiger partial charge on any atom is 0.325 e. The molecule has 1 atom stereocenters. The van der Waals surface area contributed by atoms with E-state index in [0.29, 0.717) is 18.6 Å². The van der Waals surface area contributed by atoms with E-state index < -0.39 is 23.5 Å². The number of amides is 4. The van der Waals surface area contributed by atoms with Crippen molar-refractivity contribution in [1.29, 1.82) is 0 Å². The summed E-state index contributed by atoms with van der Waals surface area (Å²) in [6, 6.07) is 18.0. The minimum atomic E-state index is -0.824. The van der Waals surface area contributed by atoms with Gasteiger partial charge in [0.1, 0.15) is 29.5 Å². The van der Waals surface area contributed by atoms with Gasteiger partial charge < -0.3 is 15.1 Å². The lowest BCUT2D eigenvalue weighted by molar-refractivity contribution is -0.135. The summed E-state index contributed by atoms with van der Waals surface area (Å²) in [5.41, 5.74) is 0.749. The lowest BCUT2D eigenvalue weighted by Gasteiger charge is -2.21. The monoisotopic (exact) mass is 417 g/mol. The number of hydrogen-bond donors (Lipinski definition) is 2. The highest BCUT2D eigenvalue weighted by Crippen LogP contribution is 2.35. The van der Waals surface area contributed by atoms with E-state index in [-0.39, 0.29) is 12.5 Å². The van der Waals surface area contributed by atoms with Gasteiger partial charge in [-0.25, -0.2) is 4.79 Å². The van der Waals surface area contributed by atoms with Crippen LogP contribution in [0.4, 0.5) is 4.79 Å². The van der Waals surface area contributed by atoms with Gasteiger partial charge in [0.2, 0.25) is 5.91 Å². The van der Waals surface area contributed by atoms with Crippen molar-refractivity contribution in [3.63, 3.8) is 0 Å². The van der Waals surface area contributed by atoms with Gasteiger partial charge in [-0.3, -0.25) is 14.5 Å². The third kappa shape index (κ3) is 3.46. The van der Waals surface area contributed by atoms with Gasteiger partial charge in [-0.15, -0.1) is 0 Å². The molecular weight excluding hydrogens is 394 g/mol. The van der Waals surface area contributed by atoms with Crippen LogP contribution < -0.4 is 10.6 Å². The van der Waals surface area contributed by atoms with Gasteiger partial charge in [-0.2, -0.15) is 0 Å². The first kappa shape index (κ1) is 19.4. The van der Waals surface area contributed by atoms with E-state index in [4.69, 9.17) is 4.42 Å². The SMILES string of the molecule is O=C(CN1C(=O)NC2(CCCC2)C1=O)NC(c1ccccc1)c1cc2ccccc2o1. The molecule has 1 aromatic heterocycles. The number of hydrogen-bond acceptors (Lipinski definition) is 4. The van der Waals surface area contributed by atoms with Crippen molar-refractivity contribution >= 4 is 28.8 Å². The van der Waals surface area contributed by atoms with Crippen LogP contribution in [0.1, 0.15) is 43.0 Å². The molecular formula is C24H23N3O4. The van der Waals surface area contributed by atoms with Gasteiger partial charge in [0, 0.05) is 5.39 Å². The van der Waals surface area contributed by atoms with Crippen LogP contribution in [0.2, 0.25) is 0 Å². The molecule has 2 aliphatic rings. The first-order chi connectivity index (χ1) is 15.1. The zero-order valence-electron chi connectivity index (χ0n) is 17.0. The van der Waals surface area contributed by atoms with Gasteiger partial charge >= 0.3 is 6.03 Å². The average molecular weight is 417 g/mol. The summed E-state index contributed by atoms with van der Waals surface area (Å²) in [5.74, 6) is -0.136. The summed E-state index contributed by atoms with van der Waals surface area (Å²) in [4.78, 5) is 39.3. The topological polar surface area (TPSA) is 91.7 Å². The van der Waals surface area contributed by atoms with Crippen molar-refractivity contribution in [2.24, 2.45) is 0 Å². The number of benzene rings is 2. The molecule has 1 unspecified atom stereocenters. The highest BCUT2D eigenvalue weighted by atomic mass is 16.3. The Morgan fingerprint density at radius 3 is 2.52 bits per heavy atom. The Kier molecular flexibility index (Phi) is 4.73. The predicted molar refractivity (Wildman–Crippen MR) is 114 cm³/mol. The number of carbonyl (C=O) groups excluding carboxylic acids is 3. The summed E-state index contributed by atoms with van der Waals surface area (Å²) >= 11 is 0. The molecule has 2 fully saturated rings. The molecule has 1 aliphatic carbocycles. The number of nitrogens with zero attached hydrogens (tertiary/aromatic N) is 1. The fraction of sp³-hybridized carbons (Fsp3) is 0.292. The fourth-order valence-electron chi connectivity index (χ4n) is 4.60. The Balaban J connectivity index is 1.39. The van der Waals surface area contributed by atoms with Crippen LogP contribution in [0, 0.1) is 0 Å². The van der Waals surface area contributed by atoms with E-state index >= 15 is 0 Å². The molecule has 7 heteroatoms. The summed E-state index contributed by atoms with van der Waals surface area (Å²) in [5, 5.41) is 6.69. The normalized spacial score (nSPS) is 18.5. The second-order valence-electron chi connectivity index (χ2n) is 8.21. The summed E-state index contributed by atoms with van der Waals surface area (Å²) in [6.45, 7) is -0.323. The molecule has 1 aliphatic heterocycles. The van der Waals surface area contributed by atoms with E-state index in [2.05, 4.69) is 10.6 Å². The number of nitrogens with one attached hydrogen (secondary N) is 2. The van der Waals surface area contributed by atoms with Gasteiger partial charge in [-0.1, -0.05) is 61.4 Å². The molecule has 3 aromatic rings. The summed E-state index contributed by atoms with van der Waals surface area (Å²) in [6.07, 6.45) is 3.05. The molecule has 1 saturated heterocycles. The lowest BCUT2D eigenvalue weighted by Crippen LogP contribution is -2.45. The van der Waals surface area contributed by atoms with Crippen molar-refractivity contribution in [2.45, 2.75) is 37.3 Å². The second-order valence-corrected chi connectivity index (χ2v) is 8.21. The first-order valence-electron chi connectivity index (χ1n) is 10.5. The number of carbonyl (C=O) groups is 3. The zero-order valence-corrected chi connectivity index (χ0v) is 17.0. The largest absolute Gasteiger partial charge is 0.459 e. The van der Waals surface area contributed by atoms with E-state index in [1.54, 1.807) is 0 Å². The minimum absolute atomic E-state index is 0.301. The Hall–Kier alpha value is -3.61. The molecule has 0 bridgehead atoms. The lowest BCUT2D eigenvalue weighted by atomic mass is 9.98. The van der Waals surface area contributed by atoms with Gasteiger partial charge in [0.25, 0.3) is 5.91 Å². The fourth-order valence-corrected chi connectivity index (χ4v) is 4.60. The highest BCUT2D eigenvalue weighted by molar-refractivity contribution is 6.09. The van der Waals surface area contributed by atoms with Crippen LogP contribution in [-0.2, 0) is 9.59 Å². The molecule has 5 rings (SSSR count). The minimum Gasteiger partial charge on any atom is -0.459 e. The Morgan fingerprint density at radius 2 is 1.77 bits per heavy atom. The first-order valence-corrected chi connectivity index (χ1v) is 10.5. The third-order valence-electron chi connectivity index (χ3n) is 6.17. The number of para-hydroxylation sites is 1. The van der Waals surface area contributed by atoms with Gasteiger partial charge in [0.05, 0.1) is 0 Å². The van der Waals surface area contributed by atoms with E-state index in [1.807, 2.05) is 60.7 Å². The zero-order chi connectivity index (χ0) is 21.4. The maximum absolute atomic E-state index is 12.9. The average Bonchev–Trinajstić information content (AvgIpc) is 3.48. The Bertz CT molecular complexity index is 1110. The van der Waals surface area contributed by atoms with Crippen LogP contribution >= 0.6 is 0 Å². The van der Waals surface area contributed by atoms with Crippen LogP contribution in [0.3, 0.4) is 0 Å². The number of urea groups is 1. The van der Waals surface area contributed by atoms with Crippen molar-refractivity contribution in [3.05, 3.63) is 72.0 Å².